The molecule has 0 fully saturated rings. The third-order valence-electron chi connectivity index (χ3n) is 4.05. The first-order valence-electron chi connectivity index (χ1n) is 9.23. The summed E-state index contributed by atoms with van der Waals surface area (Å²) in [6, 6.07) is 3.72. The van der Waals surface area contributed by atoms with Gasteiger partial charge in [-0.2, -0.15) is 0 Å². The molecule has 1 amide bonds. The summed E-state index contributed by atoms with van der Waals surface area (Å²) < 4.78 is 10.7. The molecule has 1 aromatic rings. The number of carbonyl (C=O) groups is 3. The molecule has 0 saturated heterocycles. The van der Waals surface area contributed by atoms with Crippen molar-refractivity contribution in [1.82, 2.24) is 5.32 Å². The lowest BCUT2D eigenvalue weighted by atomic mass is 9.78. The molecule has 0 saturated carbocycles. The van der Waals surface area contributed by atoms with Crippen LogP contribution < -0.4 is 10.1 Å². The number of esters is 1. The van der Waals surface area contributed by atoms with Crippen LogP contribution >= 0.6 is 0 Å². The number of amides is 1. The van der Waals surface area contributed by atoms with Gasteiger partial charge in [0.15, 0.2) is 0 Å². The summed E-state index contributed by atoms with van der Waals surface area (Å²) in [5.41, 5.74) is 0.961. The first-order chi connectivity index (χ1) is 12.7. The fourth-order valence-corrected chi connectivity index (χ4v) is 2.97. The van der Waals surface area contributed by atoms with Crippen LogP contribution in [0.3, 0.4) is 0 Å². The Morgan fingerprint density at radius 1 is 1.04 bits per heavy atom. The van der Waals surface area contributed by atoms with E-state index in [1.54, 1.807) is 27.7 Å². The minimum Gasteiger partial charge on any atom is -0.481 e. The Hall–Kier alpha value is -2.57. The van der Waals surface area contributed by atoms with Crippen LogP contribution in [0.25, 0.3) is 0 Å². The smallest absolute Gasteiger partial charge is 0.407 e. The number of ether oxygens (including phenoxy) is 2. The zero-order chi connectivity index (χ0) is 21.7. The second kappa shape index (κ2) is 9.08. The first-order valence-corrected chi connectivity index (χ1v) is 9.23. The van der Waals surface area contributed by atoms with Crippen molar-refractivity contribution < 1.29 is 29.0 Å². The number of aliphatic carboxylic acids is 1. The molecule has 0 aliphatic heterocycles. The van der Waals surface area contributed by atoms with E-state index in [0.717, 1.165) is 11.1 Å². The van der Waals surface area contributed by atoms with Crippen LogP contribution in [0.4, 0.5) is 4.79 Å². The molecule has 1 rings (SSSR count). The summed E-state index contributed by atoms with van der Waals surface area (Å²) in [4.78, 5) is 35.2. The van der Waals surface area contributed by atoms with Crippen molar-refractivity contribution in [3.8, 4) is 5.75 Å². The van der Waals surface area contributed by atoms with E-state index >= 15 is 0 Å². The molecule has 156 valence electrons. The van der Waals surface area contributed by atoms with Gasteiger partial charge in [-0.1, -0.05) is 26.0 Å². The molecule has 7 heteroatoms. The number of rotatable bonds is 7. The van der Waals surface area contributed by atoms with Gasteiger partial charge in [-0.25, -0.2) is 4.79 Å². The molecular weight excluding hydrogens is 362 g/mol. The van der Waals surface area contributed by atoms with E-state index in [1.165, 1.54) is 0 Å². The van der Waals surface area contributed by atoms with Crippen LogP contribution in [-0.2, 0) is 19.7 Å². The fraction of sp³-hybridized carbons (Fsp3) is 0.571. The van der Waals surface area contributed by atoms with Crippen molar-refractivity contribution in [3.63, 3.8) is 0 Å². The van der Waals surface area contributed by atoms with E-state index in [0.29, 0.717) is 11.3 Å². The van der Waals surface area contributed by atoms with E-state index in [2.05, 4.69) is 5.32 Å². The monoisotopic (exact) mass is 393 g/mol. The highest BCUT2D eigenvalue weighted by Crippen LogP contribution is 2.39. The van der Waals surface area contributed by atoms with Gasteiger partial charge in [0.2, 0.25) is 0 Å². The molecule has 0 aliphatic carbocycles. The fourth-order valence-electron chi connectivity index (χ4n) is 2.97. The van der Waals surface area contributed by atoms with E-state index < -0.39 is 29.0 Å². The lowest BCUT2D eigenvalue weighted by Crippen LogP contribution is -2.34. The molecule has 7 nitrogen and oxygen atoms in total. The second-order valence-electron chi connectivity index (χ2n) is 8.51. The predicted molar refractivity (Wildman–Crippen MR) is 106 cm³/mol. The zero-order valence-corrected chi connectivity index (χ0v) is 17.8. The lowest BCUT2D eigenvalue weighted by molar-refractivity contribution is -0.138. The quantitative estimate of drug-likeness (QED) is 0.538. The molecule has 1 aromatic carbocycles. The van der Waals surface area contributed by atoms with E-state index in [-0.39, 0.29) is 19.4 Å². The van der Waals surface area contributed by atoms with Crippen LogP contribution in [0.15, 0.2) is 12.1 Å². The van der Waals surface area contributed by atoms with Gasteiger partial charge in [-0.05, 0) is 45.7 Å². The van der Waals surface area contributed by atoms with Gasteiger partial charge < -0.3 is 19.9 Å². The van der Waals surface area contributed by atoms with Gasteiger partial charge in [0.05, 0.1) is 12.8 Å². The molecule has 0 aliphatic rings. The Morgan fingerprint density at radius 2 is 1.61 bits per heavy atom. The van der Waals surface area contributed by atoms with Crippen LogP contribution in [0, 0.1) is 13.8 Å². The number of carboxylic acid groups (broad SMARTS) is 1. The second-order valence-corrected chi connectivity index (χ2v) is 8.51. The zero-order valence-electron chi connectivity index (χ0n) is 17.8. The van der Waals surface area contributed by atoms with E-state index in [9.17, 15) is 19.5 Å². The normalized spacial score (nSPS) is 11.7. The summed E-state index contributed by atoms with van der Waals surface area (Å²) >= 11 is 0. The van der Waals surface area contributed by atoms with Gasteiger partial charge in [0.25, 0.3) is 0 Å². The molecule has 0 spiro atoms. The maximum atomic E-state index is 12.3. The summed E-state index contributed by atoms with van der Waals surface area (Å²) in [6.45, 7) is 12.6. The Balaban J connectivity index is 2.88. The number of benzene rings is 1. The highest BCUT2D eigenvalue weighted by atomic mass is 16.6. The third kappa shape index (κ3) is 7.21. The van der Waals surface area contributed by atoms with Crippen molar-refractivity contribution in [2.45, 2.75) is 72.3 Å². The van der Waals surface area contributed by atoms with E-state index in [1.807, 2.05) is 32.9 Å². The molecule has 28 heavy (non-hydrogen) atoms. The highest BCUT2D eigenvalue weighted by molar-refractivity contribution is 5.76. The van der Waals surface area contributed by atoms with Crippen LogP contribution in [0.2, 0.25) is 0 Å². The van der Waals surface area contributed by atoms with Crippen LogP contribution in [0.5, 0.6) is 5.75 Å². The van der Waals surface area contributed by atoms with Gasteiger partial charge in [-0.15, -0.1) is 0 Å². The average Bonchev–Trinajstić information content (AvgIpc) is 2.47. The number of carboxylic acids is 1. The largest absolute Gasteiger partial charge is 0.481 e. The Bertz CT molecular complexity index is 746. The molecule has 0 unspecified atom stereocenters. The van der Waals surface area contributed by atoms with Crippen molar-refractivity contribution >= 4 is 18.0 Å². The summed E-state index contributed by atoms with van der Waals surface area (Å²) in [5.74, 6) is -1.06. The van der Waals surface area contributed by atoms with Crippen molar-refractivity contribution in [3.05, 3.63) is 28.8 Å². The number of alkyl carbamates (subject to hydrolysis) is 1. The van der Waals surface area contributed by atoms with Gasteiger partial charge in [0.1, 0.15) is 11.4 Å². The van der Waals surface area contributed by atoms with Gasteiger partial charge >= 0.3 is 18.0 Å². The molecule has 0 heterocycles. The summed E-state index contributed by atoms with van der Waals surface area (Å²) in [6.07, 6.45) is -0.733. The average molecular weight is 393 g/mol. The summed E-state index contributed by atoms with van der Waals surface area (Å²) in [7, 11) is 0. The minimum atomic E-state index is -0.926. The number of hydrogen-bond acceptors (Lipinski definition) is 5. The van der Waals surface area contributed by atoms with Crippen molar-refractivity contribution in [2.75, 3.05) is 6.54 Å². The Labute approximate surface area is 166 Å². The lowest BCUT2D eigenvalue weighted by Gasteiger charge is -2.28. The molecule has 0 aromatic heterocycles. The molecule has 2 N–H and O–H groups in total. The van der Waals surface area contributed by atoms with Crippen LogP contribution in [-0.4, -0.2) is 35.3 Å². The van der Waals surface area contributed by atoms with Crippen molar-refractivity contribution in [2.24, 2.45) is 0 Å². The van der Waals surface area contributed by atoms with Crippen molar-refractivity contribution in [1.29, 1.82) is 0 Å². The Kier molecular flexibility index (Phi) is 7.61. The predicted octanol–water partition coefficient (Wildman–Crippen LogP) is 3.88. The van der Waals surface area contributed by atoms with Crippen LogP contribution in [0.1, 0.15) is 64.2 Å². The molecular formula is C21H31NO6. The first kappa shape index (κ1) is 23.5. The SMILES string of the molecule is Cc1ccc(C)c(C(C)(C)CC(=O)O)c1OC(=O)CCNC(=O)OC(C)(C)C. The third-order valence-corrected chi connectivity index (χ3v) is 4.05. The standard InChI is InChI=1S/C21H31NO6/c1-13-8-9-14(2)18(17(13)21(6,7)12-15(23)24)27-16(25)10-11-22-19(26)28-20(3,4)5/h8-9H,10-12H2,1-7H3,(H,22,26)(H,23,24). The summed E-state index contributed by atoms with van der Waals surface area (Å²) in [5, 5.41) is 11.7. The molecule has 0 radical (unpaired) electrons. The number of hydrogen-bond donors (Lipinski definition) is 2. The van der Waals surface area contributed by atoms with Gasteiger partial charge in [-0.3, -0.25) is 9.59 Å². The maximum Gasteiger partial charge on any atom is 0.407 e. The van der Waals surface area contributed by atoms with Gasteiger partial charge in [0, 0.05) is 17.5 Å². The Morgan fingerprint density at radius 3 is 2.14 bits per heavy atom. The number of aryl methyl sites for hydroxylation is 2. The highest BCUT2D eigenvalue weighted by Gasteiger charge is 2.31. The number of nitrogens with one attached hydrogen (secondary N) is 1. The van der Waals surface area contributed by atoms with E-state index in [4.69, 9.17) is 9.47 Å². The molecule has 0 atom stereocenters. The topological polar surface area (TPSA) is 102 Å². The number of carbonyl (C=O) groups excluding carboxylic acids is 2. The molecule has 0 bridgehead atoms. The maximum absolute atomic E-state index is 12.3. The minimum absolute atomic E-state index is 0.0363.